The van der Waals surface area contributed by atoms with E-state index in [2.05, 4.69) is 15.3 Å². The van der Waals surface area contributed by atoms with Gasteiger partial charge in [-0.2, -0.15) is 0 Å². The van der Waals surface area contributed by atoms with E-state index in [0.29, 0.717) is 18.8 Å². The SMILES string of the molecule is CC1(C)O[C@@H]2[C@H](O1)[C@@H](OCc1ccccc1)C[C@H]2C(=O)CNc1nccnc1Cl. The molecule has 154 valence electrons. The van der Waals surface area contributed by atoms with Gasteiger partial charge in [-0.3, -0.25) is 4.79 Å². The van der Waals surface area contributed by atoms with Crippen LogP contribution in [-0.2, 0) is 25.6 Å². The molecule has 1 N–H and O–H groups in total. The topological polar surface area (TPSA) is 82.6 Å². The molecule has 7 nitrogen and oxygen atoms in total. The third-order valence-electron chi connectivity index (χ3n) is 5.22. The van der Waals surface area contributed by atoms with Crippen molar-refractivity contribution in [3.8, 4) is 0 Å². The number of fused-ring (bicyclic) bond motifs is 1. The van der Waals surface area contributed by atoms with Gasteiger partial charge in [0.2, 0.25) is 0 Å². The fourth-order valence-corrected chi connectivity index (χ4v) is 4.10. The maximum atomic E-state index is 13.0. The highest BCUT2D eigenvalue weighted by Crippen LogP contribution is 2.43. The smallest absolute Gasteiger partial charge is 0.171 e. The molecule has 2 aromatic rings. The molecule has 0 bridgehead atoms. The lowest BCUT2D eigenvalue weighted by atomic mass is 9.99. The van der Waals surface area contributed by atoms with Crippen LogP contribution in [0.2, 0.25) is 5.15 Å². The highest BCUT2D eigenvalue weighted by atomic mass is 35.5. The van der Waals surface area contributed by atoms with Crippen LogP contribution in [0.3, 0.4) is 0 Å². The summed E-state index contributed by atoms with van der Waals surface area (Å²) in [5.41, 5.74) is 1.08. The van der Waals surface area contributed by atoms with Gasteiger partial charge in [-0.25, -0.2) is 9.97 Å². The van der Waals surface area contributed by atoms with Gasteiger partial charge in [0.15, 0.2) is 22.5 Å². The molecule has 1 saturated carbocycles. The maximum absolute atomic E-state index is 13.0. The van der Waals surface area contributed by atoms with Gasteiger partial charge in [0, 0.05) is 12.4 Å². The second-order valence-electron chi connectivity index (χ2n) is 7.76. The number of nitrogens with one attached hydrogen (secondary N) is 1. The number of ether oxygens (including phenoxy) is 3. The van der Waals surface area contributed by atoms with Crippen molar-refractivity contribution in [2.45, 2.75) is 51.0 Å². The zero-order valence-corrected chi connectivity index (χ0v) is 17.1. The number of hydrogen-bond acceptors (Lipinski definition) is 7. The molecule has 0 spiro atoms. The number of ketones is 1. The van der Waals surface area contributed by atoms with Gasteiger partial charge in [0.25, 0.3) is 0 Å². The largest absolute Gasteiger partial charge is 0.371 e. The van der Waals surface area contributed by atoms with Gasteiger partial charge in [0.05, 0.1) is 31.3 Å². The van der Waals surface area contributed by atoms with Crippen LogP contribution in [-0.4, -0.2) is 46.4 Å². The summed E-state index contributed by atoms with van der Waals surface area (Å²) in [6.07, 6.45) is 2.75. The number of benzene rings is 1. The lowest BCUT2D eigenvalue weighted by molar-refractivity contribution is -0.173. The number of nitrogens with zero attached hydrogens (tertiary/aromatic N) is 2. The summed E-state index contributed by atoms with van der Waals surface area (Å²) in [6.45, 7) is 4.27. The third kappa shape index (κ3) is 4.59. The molecule has 0 unspecified atom stereocenters. The first-order valence-corrected chi connectivity index (χ1v) is 10.0. The second kappa shape index (κ2) is 8.36. The molecule has 1 aliphatic heterocycles. The lowest BCUT2D eigenvalue weighted by Gasteiger charge is -2.23. The Balaban J connectivity index is 1.42. The first kappa shape index (κ1) is 20.2. The van der Waals surface area contributed by atoms with Gasteiger partial charge >= 0.3 is 0 Å². The van der Waals surface area contributed by atoms with E-state index in [9.17, 15) is 4.79 Å². The minimum Gasteiger partial charge on any atom is -0.371 e. The molecule has 2 heterocycles. The normalized spacial score (nSPS) is 27.6. The Morgan fingerprint density at radius 2 is 1.93 bits per heavy atom. The Kier molecular flexibility index (Phi) is 5.83. The van der Waals surface area contributed by atoms with Crippen LogP contribution in [0.4, 0.5) is 5.82 Å². The number of halogens is 1. The summed E-state index contributed by atoms with van der Waals surface area (Å²) in [7, 11) is 0. The molecular weight excluding hydrogens is 394 g/mol. The van der Waals surface area contributed by atoms with E-state index in [0.717, 1.165) is 5.56 Å². The quantitative estimate of drug-likeness (QED) is 0.740. The van der Waals surface area contributed by atoms with E-state index in [4.69, 9.17) is 25.8 Å². The Bertz CT molecular complexity index is 864. The van der Waals surface area contributed by atoms with Crippen molar-refractivity contribution in [1.82, 2.24) is 9.97 Å². The van der Waals surface area contributed by atoms with Crippen LogP contribution in [0, 0.1) is 5.92 Å². The Hall–Kier alpha value is -2.06. The summed E-state index contributed by atoms with van der Waals surface area (Å²) < 4.78 is 18.3. The Labute approximate surface area is 174 Å². The first-order chi connectivity index (χ1) is 13.9. The van der Waals surface area contributed by atoms with Crippen LogP contribution in [0.1, 0.15) is 25.8 Å². The van der Waals surface area contributed by atoms with Crippen molar-refractivity contribution in [2.24, 2.45) is 5.92 Å². The molecule has 4 rings (SSSR count). The highest BCUT2D eigenvalue weighted by molar-refractivity contribution is 6.31. The van der Waals surface area contributed by atoms with Gasteiger partial charge < -0.3 is 19.5 Å². The predicted molar refractivity (Wildman–Crippen MR) is 107 cm³/mol. The Morgan fingerprint density at radius 3 is 2.69 bits per heavy atom. The van der Waals surface area contributed by atoms with Crippen molar-refractivity contribution in [1.29, 1.82) is 0 Å². The molecule has 0 radical (unpaired) electrons. The monoisotopic (exact) mass is 417 g/mol. The molecular formula is C21H24ClN3O4. The van der Waals surface area contributed by atoms with E-state index < -0.39 is 5.79 Å². The third-order valence-corrected chi connectivity index (χ3v) is 5.49. The fraction of sp³-hybridized carbons (Fsp3) is 0.476. The Morgan fingerprint density at radius 1 is 1.21 bits per heavy atom. The van der Waals surface area contributed by atoms with Crippen molar-refractivity contribution in [2.75, 3.05) is 11.9 Å². The molecule has 0 amide bonds. The van der Waals surface area contributed by atoms with Crippen LogP contribution in [0.15, 0.2) is 42.7 Å². The summed E-state index contributed by atoms with van der Waals surface area (Å²) in [5, 5.41) is 3.20. The number of aromatic nitrogens is 2. The zero-order valence-electron chi connectivity index (χ0n) is 16.4. The molecule has 29 heavy (non-hydrogen) atoms. The fourth-order valence-electron chi connectivity index (χ4n) is 3.93. The zero-order chi connectivity index (χ0) is 20.4. The lowest BCUT2D eigenvalue weighted by Crippen LogP contribution is -2.33. The molecule has 1 saturated heterocycles. The minimum absolute atomic E-state index is 0.00818. The van der Waals surface area contributed by atoms with E-state index >= 15 is 0 Å². The van der Waals surface area contributed by atoms with E-state index in [1.54, 1.807) is 0 Å². The maximum Gasteiger partial charge on any atom is 0.171 e. The number of carbonyl (C=O) groups excluding carboxylic acids is 1. The van der Waals surface area contributed by atoms with Crippen molar-refractivity contribution >= 4 is 23.2 Å². The van der Waals surface area contributed by atoms with Crippen LogP contribution < -0.4 is 5.32 Å². The number of Topliss-reactive ketones (excluding diaryl/α,β-unsaturated/α-hetero) is 1. The predicted octanol–water partition coefficient (Wildman–Crippen LogP) is 3.24. The van der Waals surface area contributed by atoms with Crippen LogP contribution in [0.5, 0.6) is 0 Å². The van der Waals surface area contributed by atoms with Crippen LogP contribution >= 0.6 is 11.6 Å². The average Bonchev–Trinajstić information content (AvgIpc) is 3.19. The van der Waals surface area contributed by atoms with Gasteiger partial charge in [0.1, 0.15) is 6.10 Å². The molecule has 1 aliphatic carbocycles. The summed E-state index contributed by atoms with van der Waals surface area (Å²) in [6, 6.07) is 9.95. The van der Waals surface area contributed by atoms with E-state index in [1.807, 2.05) is 44.2 Å². The van der Waals surface area contributed by atoms with Gasteiger partial charge in [-0.05, 0) is 25.8 Å². The summed E-state index contributed by atoms with van der Waals surface area (Å²) in [5.74, 6) is -0.679. The number of hydrogen-bond donors (Lipinski definition) is 1. The molecule has 4 atom stereocenters. The van der Waals surface area contributed by atoms with Gasteiger partial charge in [-0.1, -0.05) is 41.9 Å². The molecule has 1 aromatic carbocycles. The van der Waals surface area contributed by atoms with Crippen LogP contribution in [0.25, 0.3) is 0 Å². The van der Waals surface area contributed by atoms with Crippen molar-refractivity contribution < 1.29 is 19.0 Å². The number of rotatable bonds is 7. The van der Waals surface area contributed by atoms with Crippen molar-refractivity contribution in [3.63, 3.8) is 0 Å². The van der Waals surface area contributed by atoms with E-state index in [1.165, 1.54) is 12.4 Å². The number of anilines is 1. The summed E-state index contributed by atoms with van der Waals surface area (Å²) in [4.78, 5) is 21.0. The average molecular weight is 418 g/mol. The van der Waals surface area contributed by atoms with E-state index in [-0.39, 0.29) is 41.7 Å². The molecule has 8 heteroatoms. The van der Waals surface area contributed by atoms with Crippen molar-refractivity contribution in [3.05, 3.63) is 53.4 Å². The van der Waals surface area contributed by atoms with Gasteiger partial charge in [-0.15, -0.1) is 0 Å². The minimum atomic E-state index is -0.746. The molecule has 2 aliphatic rings. The second-order valence-corrected chi connectivity index (χ2v) is 8.12. The summed E-state index contributed by atoms with van der Waals surface area (Å²) >= 11 is 6.00. The standard InChI is InChI=1S/C21H24ClN3O4/c1-21(2)28-17-14(15(26)11-25-20-19(22)23-8-9-24-20)10-16(18(17)29-21)27-12-13-6-4-3-5-7-13/h3-9,14,16-18H,10-12H2,1-2H3,(H,24,25)/t14-,16-,17-,18+/m0/s1. The molecule has 2 fully saturated rings. The number of carbonyl (C=O) groups is 1. The first-order valence-electron chi connectivity index (χ1n) is 9.67. The molecule has 1 aromatic heterocycles. The highest BCUT2D eigenvalue weighted by Gasteiger charge is 2.56.